The molecule has 0 unspecified atom stereocenters. The first-order chi connectivity index (χ1) is 11.6. The molecule has 1 fully saturated rings. The Bertz CT molecular complexity index is 776. The van der Waals surface area contributed by atoms with Crippen LogP contribution in [0.3, 0.4) is 0 Å². The minimum atomic E-state index is -3.61. The highest BCUT2D eigenvalue weighted by atomic mass is 32.2. The molecule has 128 valence electrons. The molecule has 0 saturated carbocycles. The second-order valence-electron chi connectivity index (χ2n) is 5.41. The van der Waals surface area contributed by atoms with Crippen LogP contribution in [0.2, 0.25) is 0 Å². The van der Waals surface area contributed by atoms with Gasteiger partial charge in [0.25, 0.3) is 0 Å². The van der Waals surface area contributed by atoms with Gasteiger partial charge in [0.05, 0.1) is 0 Å². The molecular formula is C15H20N6O2S. The van der Waals surface area contributed by atoms with Crippen molar-refractivity contribution in [3.8, 4) is 0 Å². The zero-order valence-electron chi connectivity index (χ0n) is 13.5. The molecule has 1 aliphatic rings. The summed E-state index contributed by atoms with van der Waals surface area (Å²) in [5.41, 5.74) is 0.848. The number of aryl methyl sites for hydroxylation is 1. The van der Waals surface area contributed by atoms with Gasteiger partial charge in [-0.3, -0.25) is 4.72 Å². The molecule has 2 aromatic rings. The maximum absolute atomic E-state index is 12.5. The highest BCUT2D eigenvalue weighted by Gasteiger charge is 2.28. The van der Waals surface area contributed by atoms with Gasteiger partial charge in [-0.2, -0.15) is 12.7 Å². The van der Waals surface area contributed by atoms with Crippen LogP contribution in [-0.4, -0.2) is 53.9 Å². The fourth-order valence-corrected chi connectivity index (χ4v) is 3.66. The van der Waals surface area contributed by atoms with E-state index < -0.39 is 10.2 Å². The van der Waals surface area contributed by atoms with Crippen LogP contribution in [0.25, 0.3) is 0 Å². The van der Waals surface area contributed by atoms with Gasteiger partial charge in [-0.15, -0.1) is 0 Å². The van der Waals surface area contributed by atoms with Crippen LogP contribution in [0.15, 0.2) is 36.7 Å². The van der Waals surface area contributed by atoms with E-state index in [1.54, 1.807) is 30.6 Å². The smallest absolute Gasteiger partial charge is 0.302 e. The second-order valence-corrected chi connectivity index (χ2v) is 7.08. The largest absolute Gasteiger partial charge is 0.338 e. The van der Waals surface area contributed by atoms with Gasteiger partial charge in [-0.05, 0) is 24.6 Å². The number of hydrogen-bond acceptors (Lipinski definition) is 6. The highest BCUT2D eigenvalue weighted by Crippen LogP contribution is 2.15. The van der Waals surface area contributed by atoms with Crippen molar-refractivity contribution >= 4 is 22.0 Å². The lowest BCUT2D eigenvalue weighted by molar-refractivity contribution is 0.385. The highest BCUT2D eigenvalue weighted by molar-refractivity contribution is 7.90. The molecule has 3 heterocycles. The van der Waals surface area contributed by atoms with Crippen molar-refractivity contribution in [2.24, 2.45) is 0 Å². The Kier molecular flexibility index (Phi) is 4.91. The lowest BCUT2D eigenvalue weighted by atomic mass is 10.3. The van der Waals surface area contributed by atoms with Crippen molar-refractivity contribution < 1.29 is 8.42 Å². The van der Waals surface area contributed by atoms with Crippen LogP contribution in [0.4, 0.5) is 11.8 Å². The van der Waals surface area contributed by atoms with Gasteiger partial charge in [0, 0.05) is 44.3 Å². The van der Waals surface area contributed by atoms with Crippen LogP contribution in [0.5, 0.6) is 0 Å². The number of nitrogens with zero attached hydrogens (tertiary/aromatic N) is 5. The normalized spacial score (nSPS) is 16.1. The summed E-state index contributed by atoms with van der Waals surface area (Å²) in [6, 6.07) is 7.08. The lowest BCUT2D eigenvalue weighted by Crippen LogP contribution is -2.50. The molecule has 0 spiro atoms. The van der Waals surface area contributed by atoms with E-state index in [9.17, 15) is 8.42 Å². The minimum Gasteiger partial charge on any atom is -0.338 e. The second kappa shape index (κ2) is 7.10. The molecule has 24 heavy (non-hydrogen) atoms. The van der Waals surface area contributed by atoms with E-state index >= 15 is 0 Å². The van der Waals surface area contributed by atoms with Crippen molar-refractivity contribution in [3.05, 3.63) is 42.4 Å². The van der Waals surface area contributed by atoms with Crippen LogP contribution >= 0.6 is 0 Å². The minimum absolute atomic E-state index is 0.350. The monoisotopic (exact) mass is 348 g/mol. The third-order valence-electron chi connectivity index (χ3n) is 3.82. The number of piperazine rings is 1. The maximum Gasteiger partial charge on any atom is 0.302 e. The number of nitrogens with one attached hydrogen (secondary N) is 1. The molecule has 3 rings (SSSR count). The summed E-state index contributed by atoms with van der Waals surface area (Å²) in [5.74, 6) is 0.975. The summed E-state index contributed by atoms with van der Waals surface area (Å²) in [6.07, 6.45) is 4.12. The first-order valence-electron chi connectivity index (χ1n) is 7.84. The van der Waals surface area contributed by atoms with E-state index in [0.717, 1.165) is 12.1 Å². The van der Waals surface area contributed by atoms with Crippen LogP contribution in [-0.2, 0) is 16.6 Å². The number of hydrogen-bond donors (Lipinski definition) is 1. The van der Waals surface area contributed by atoms with E-state index in [-0.39, 0.29) is 0 Å². The average molecular weight is 348 g/mol. The topological polar surface area (TPSA) is 91.3 Å². The first-order valence-corrected chi connectivity index (χ1v) is 9.28. The molecule has 0 aromatic carbocycles. The fraction of sp³-hybridized carbons (Fsp3) is 0.400. The lowest BCUT2D eigenvalue weighted by Gasteiger charge is -2.33. The molecule has 0 amide bonds. The summed E-state index contributed by atoms with van der Waals surface area (Å²) in [7, 11) is -3.61. The van der Waals surface area contributed by atoms with Gasteiger partial charge in [-0.25, -0.2) is 15.0 Å². The third-order valence-corrected chi connectivity index (χ3v) is 5.33. The van der Waals surface area contributed by atoms with Crippen LogP contribution in [0, 0.1) is 0 Å². The van der Waals surface area contributed by atoms with Crippen molar-refractivity contribution in [3.63, 3.8) is 0 Å². The Morgan fingerprint density at radius 2 is 1.79 bits per heavy atom. The van der Waals surface area contributed by atoms with Gasteiger partial charge in [0.15, 0.2) is 0 Å². The number of rotatable bonds is 5. The molecular weight excluding hydrogens is 328 g/mol. The third kappa shape index (κ3) is 3.80. The number of pyridine rings is 1. The Hall–Kier alpha value is -2.26. The van der Waals surface area contributed by atoms with Gasteiger partial charge in [-0.1, -0.05) is 13.0 Å². The molecule has 0 radical (unpaired) electrons. The molecule has 0 bridgehead atoms. The molecule has 1 saturated heterocycles. The van der Waals surface area contributed by atoms with Crippen molar-refractivity contribution in [1.29, 1.82) is 0 Å². The van der Waals surface area contributed by atoms with Crippen molar-refractivity contribution in [1.82, 2.24) is 19.3 Å². The number of anilines is 2. The van der Waals surface area contributed by atoms with E-state index in [4.69, 9.17) is 0 Å². The van der Waals surface area contributed by atoms with E-state index in [2.05, 4.69) is 19.7 Å². The molecule has 8 nitrogen and oxygen atoms in total. The Morgan fingerprint density at radius 3 is 2.46 bits per heavy atom. The Balaban J connectivity index is 1.64. The Labute approximate surface area is 141 Å². The first kappa shape index (κ1) is 16.6. The van der Waals surface area contributed by atoms with E-state index in [0.29, 0.717) is 37.9 Å². The van der Waals surface area contributed by atoms with Crippen LogP contribution < -0.4 is 9.62 Å². The van der Waals surface area contributed by atoms with Crippen LogP contribution in [0.1, 0.15) is 12.6 Å². The SMILES string of the molecule is CCc1cccc(NS(=O)(=O)N2CCN(c3ncccn3)CC2)n1. The predicted molar refractivity (Wildman–Crippen MR) is 92.0 cm³/mol. The number of aromatic nitrogens is 3. The zero-order valence-corrected chi connectivity index (χ0v) is 14.3. The summed E-state index contributed by atoms with van der Waals surface area (Å²) in [5, 5.41) is 0. The zero-order chi connectivity index (χ0) is 17.0. The van der Waals surface area contributed by atoms with Crippen molar-refractivity contribution in [2.75, 3.05) is 35.8 Å². The summed E-state index contributed by atoms with van der Waals surface area (Å²) in [4.78, 5) is 14.7. The molecule has 1 N–H and O–H groups in total. The Morgan fingerprint density at radius 1 is 1.08 bits per heavy atom. The molecule has 2 aromatic heterocycles. The molecule has 0 atom stereocenters. The van der Waals surface area contributed by atoms with Gasteiger partial charge < -0.3 is 4.90 Å². The average Bonchev–Trinajstić information content (AvgIpc) is 2.62. The van der Waals surface area contributed by atoms with Crippen molar-refractivity contribution in [2.45, 2.75) is 13.3 Å². The molecule has 1 aliphatic heterocycles. The maximum atomic E-state index is 12.5. The molecule has 0 aliphatic carbocycles. The van der Waals surface area contributed by atoms with E-state index in [1.165, 1.54) is 4.31 Å². The van der Waals surface area contributed by atoms with Gasteiger partial charge >= 0.3 is 10.2 Å². The summed E-state index contributed by atoms with van der Waals surface area (Å²) in [6.45, 7) is 3.83. The molecule has 9 heteroatoms. The predicted octanol–water partition coefficient (Wildman–Crippen LogP) is 0.913. The van der Waals surface area contributed by atoms with Gasteiger partial charge in [0.1, 0.15) is 5.82 Å². The summed E-state index contributed by atoms with van der Waals surface area (Å²) < 4.78 is 29.0. The summed E-state index contributed by atoms with van der Waals surface area (Å²) >= 11 is 0. The quantitative estimate of drug-likeness (QED) is 0.864. The standard InChI is InChI=1S/C15H20N6O2S/c1-2-13-5-3-6-14(18-13)19-24(22,23)21-11-9-20(10-12-21)15-16-7-4-8-17-15/h3-8H,2,9-12H2,1H3,(H,18,19). The van der Waals surface area contributed by atoms with Gasteiger partial charge in [0.2, 0.25) is 5.95 Å². The van der Waals surface area contributed by atoms with E-state index in [1.807, 2.05) is 17.9 Å². The fourth-order valence-electron chi connectivity index (χ4n) is 2.51.